The molecule has 1 saturated carbocycles. The van der Waals surface area contributed by atoms with E-state index in [0.29, 0.717) is 11.6 Å². The second-order valence-electron chi connectivity index (χ2n) is 5.99. The lowest BCUT2D eigenvalue weighted by molar-refractivity contribution is 0.111. The second-order valence-corrected chi connectivity index (χ2v) is 5.99. The van der Waals surface area contributed by atoms with Crippen LogP contribution in [0.25, 0.3) is 5.69 Å². The van der Waals surface area contributed by atoms with E-state index in [0.717, 1.165) is 30.5 Å². The summed E-state index contributed by atoms with van der Waals surface area (Å²) in [6.45, 7) is 4.19. The number of benzene rings is 1. The molecular formula is C17H21N3O. The molecule has 0 saturated heterocycles. The second kappa shape index (κ2) is 5.80. The van der Waals surface area contributed by atoms with Crippen molar-refractivity contribution < 1.29 is 4.79 Å². The Morgan fingerprint density at radius 3 is 2.57 bits per heavy atom. The van der Waals surface area contributed by atoms with Gasteiger partial charge in [-0.15, -0.1) is 5.10 Å². The van der Waals surface area contributed by atoms with Gasteiger partial charge in [0, 0.05) is 5.92 Å². The van der Waals surface area contributed by atoms with Crippen molar-refractivity contribution in [3.8, 4) is 5.69 Å². The number of aryl methyl sites for hydroxylation is 2. The summed E-state index contributed by atoms with van der Waals surface area (Å²) in [5.41, 5.74) is 4.98. The summed E-state index contributed by atoms with van der Waals surface area (Å²) in [6.07, 6.45) is 6.83. The average molecular weight is 283 g/mol. The third-order valence-electron chi connectivity index (χ3n) is 4.57. The Morgan fingerprint density at radius 2 is 1.90 bits per heavy atom. The zero-order chi connectivity index (χ0) is 14.8. The van der Waals surface area contributed by atoms with Crippen LogP contribution in [0.2, 0.25) is 0 Å². The number of nitrogens with zero attached hydrogens (tertiary/aromatic N) is 3. The number of aromatic nitrogens is 3. The van der Waals surface area contributed by atoms with Gasteiger partial charge in [-0.1, -0.05) is 30.5 Å². The molecule has 0 spiro atoms. The molecule has 1 fully saturated rings. The molecule has 1 aromatic carbocycles. The number of hydrogen-bond donors (Lipinski definition) is 0. The molecule has 1 aliphatic carbocycles. The maximum Gasteiger partial charge on any atom is 0.172 e. The van der Waals surface area contributed by atoms with E-state index in [9.17, 15) is 4.79 Å². The summed E-state index contributed by atoms with van der Waals surface area (Å²) in [5, 5.41) is 8.32. The van der Waals surface area contributed by atoms with Gasteiger partial charge in [0.15, 0.2) is 6.29 Å². The zero-order valence-corrected chi connectivity index (χ0v) is 12.7. The van der Waals surface area contributed by atoms with E-state index in [2.05, 4.69) is 42.4 Å². The Balaban J connectivity index is 2.07. The normalized spacial score (nSPS) is 16.1. The van der Waals surface area contributed by atoms with Crippen molar-refractivity contribution in [3.05, 3.63) is 40.7 Å². The Labute approximate surface area is 125 Å². The number of aldehydes is 1. The van der Waals surface area contributed by atoms with Gasteiger partial charge in [-0.3, -0.25) is 4.79 Å². The van der Waals surface area contributed by atoms with Gasteiger partial charge in [-0.05, 0) is 49.9 Å². The molecule has 0 amide bonds. The van der Waals surface area contributed by atoms with Gasteiger partial charge >= 0.3 is 0 Å². The van der Waals surface area contributed by atoms with Gasteiger partial charge in [0.25, 0.3) is 0 Å². The summed E-state index contributed by atoms with van der Waals surface area (Å²) < 4.78 is 1.87. The van der Waals surface area contributed by atoms with Crippen molar-refractivity contribution in [2.75, 3.05) is 0 Å². The third kappa shape index (κ3) is 2.62. The highest BCUT2D eigenvalue weighted by atomic mass is 16.1. The van der Waals surface area contributed by atoms with Gasteiger partial charge < -0.3 is 0 Å². The lowest BCUT2D eigenvalue weighted by Gasteiger charge is -2.22. The molecule has 1 aliphatic rings. The smallest absolute Gasteiger partial charge is 0.172 e. The molecule has 4 nitrogen and oxygen atoms in total. The van der Waals surface area contributed by atoms with Crippen molar-refractivity contribution in [1.82, 2.24) is 15.0 Å². The molecule has 1 heterocycles. The van der Waals surface area contributed by atoms with E-state index >= 15 is 0 Å². The summed E-state index contributed by atoms with van der Waals surface area (Å²) in [4.78, 5) is 11.3. The van der Waals surface area contributed by atoms with E-state index in [-0.39, 0.29) is 0 Å². The number of hydrogen-bond acceptors (Lipinski definition) is 3. The number of carbonyl (C=O) groups excluding carboxylic acids is 1. The first kappa shape index (κ1) is 14.0. The van der Waals surface area contributed by atoms with Crippen molar-refractivity contribution >= 4 is 6.29 Å². The first-order valence-corrected chi connectivity index (χ1v) is 7.69. The Bertz CT molecular complexity index is 654. The molecule has 21 heavy (non-hydrogen) atoms. The zero-order valence-electron chi connectivity index (χ0n) is 12.7. The Kier molecular flexibility index (Phi) is 3.86. The topological polar surface area (TPSA) is 47.8 Å². The molecule has 1 aromatic heterocycles. The SMILES string of the molecule is Cc1ccc(-n2nnc(C=O)c2C2CCCCC2)cc1C. The van der Waals surface area contributed by atoms with Crippen LogP contribution in [0.1, 0.15) is 65.3 Å². The van der Waals surface area contributed by atoms with Crippen LogP contribution in [-0.4, -0.2) is 21.3 Å². The molecule has 0 N–H and O–H groups in total. The molecule has 110 valence electrons. The Morgan fingerprint density at radius 1 is 1.14 bits per heavy atom. The van der Waals surface area contributed by atoms with Gasteiger partial charge in [-0.2, -0.15) is 0 Å². The fourth-order valence-corrected chi connectivity index (χ4v) is 3.19. The third-order valence-corrected chi connectivity index (χ3v) is 4.57. The van der Waals surface area contributed by atoms with Crippen LogP contribution < -0.4 is 0 Å². The minimum atomic E-state index is 0.399. The molecule has 0 radical (unpaired) electrons. The van der Waals surface area contributed by atoms with E-state index in [1.807, 2.05) is 4.68 Å². The van der Waals surface area contributed by atoms with Gasteiger partial charge in [0.05, 0.1) is 11.4 Å². The molecule has 3 rings (SSSR count). The van der Waals surface area contributed by atoms with Crippen molar-refractivity contribution in [3.63, 3.8) is 0 Å². The number of carbonyl (C=O) groups is 1. The largest absolute Gasteiger partial charge is 0.296 e. The summed E-state index contributed by atoms with van der Waals surface area (Å²) in [5.74, 6) is 0.399. The van der Waals surface area contributed by atoms with Crippen LogP contribution in [0.4, 0.5) is 0 Å². The van der Waals surface area contributed by atoms with E-state index in [1.54, 1.807) is 0 Å². The van der Waals surface area contributed by atoms with E-state index in [4.69, 9.17) is 0 Å². The molecule has 4 heteroatoms. The molecule has 0 bridgehead atoms. The predicted molar refractivity (Wildman–Crippen MR) is 82.0 cm³/mol. The van der Waals surface area contributed by atoms with Gasteiger partial charge in [0.2, 0.25) is 0 Å². The van der Waals surface area contributed by atoms with Gasteiger partial charge in [0.1, 0.15) is 5.69 Å². The minimum absolute atomic E-state index is 0.399. The van der Waals surface area contributed by atoms with Crippen molar-refractivity contribution in [2.24, 2.45) is 0 Å². The van der Waals surface area contributed by atoms with Crippen LogP contribution in [0.3, 0.4) is 0 Å². The summed E-state index contributed by atoms with van der Waals surface area (Å²) in [6, 6.07) is 6.26. The highest BCUT2D eigenvalue weighted by Gasteiger charge is 2.25. The highest BCUT2D eigenvalue weighted by molar-refractivity contribution is 5.74. The van der Waals surface area contributed by atoms with Crippen LogP contribution in [0, 0.1) is 13.8 Å². The quantitative estimate of drug-likeness (QED) is 0.806. The van der Waals surface area contributed by atoms with E-state index < -0.39 is 0 Å². The summed E-state index contributed by atoms with van der Waals surface area (Å²) >= 11 is 0. The molecule has 2 aromatic rings. The average Bonchev–Trinajstić information content (AvgIpc) is 2.95. The molecule has 0 aliphatic heterocycles. The van der Waals surface area contributed by atoms with Crippen molar-refractivity contribution in [1.29, 1.82) is 0 Å². The Hall–Kier alpha value is -1.97. The van der Waals surface area contributed by atoms with Crippen molar-refractivity contribution in [2.45, 2.75) is 51.9 Å². The molecule has 0 unspecified atom stereocenters. The van der Waals surface area contributed by atoms with Crippen LogP contribution in [0.5, 0.6) is 0 Å². The van der Waals surface area contributed by atoms with Crippen LogP contribution >= 0.6 is 0 Å². The van der Waals surface area contributed by atoms with Crippen LogP contribution in [0.15, 0.2) is 18.2 Å². The number of rotatable bonds is 3. The fraction of sp³-hybridized carbons (Fsp3) is 0.471. The first-order chi connectivity index (χ1) is 10.2. The monoisotopic (exact) mass is 283 g/mol. The van der Waals surface area contributed by atoms with Gasteiger partial charge in [-0.25, -0.2) is 4.68 Å². The van der Waals surface area contributed by atoms with Crippen LogP contribution in [-0.2, 0) is 0 Å². The minimum Gasteiger partial charge on any atom is -0.296 e. The fourth-order valence-electron chi connectivity index (χ4n) is 3.19. The summed E-state index contributed by atoms with van der Waals surface area (Å²) in [7, 11) is 0. The molecular weight excluding hydrogens is 262 g/mol. The lowest BCUT2D eigenvalue weighted by atomic mass is 9.86. The maximum absolute atomic E-state index is 11.3. The first-order valence-electron chi connectivity index (χ1n) is 7.69. The molecule has 0 atom stereocenters. The highest BCUT2D eigenvalue weighted by Crippen LogP contribution is 2.34. The maximum atomic E-state index is 11.3. The lowest BCUT2D eigenvalue weighted by Crippen LogP contribution is -2.12. The van der Waals surface area contributed by atoms with E-state index in [1.165, 1.54) is 30.4 Å². The standard InChI is InChI=1S/C17H21N3O/c1-12-8-9-15(10-13(12)2)20-17(16(11-21)18-19-20)14-6-4-3-5-7-14/h8-11,14H,3-7H2,1-2H3. The predicted octanol–water partition coefficient (Wildman–Crippen LogP) is 3.74.